The van der Waals surface area contributed by atoms with E-state index in [2.05, 4.69) is 5.32 Å². The molecule has 0 radical (unpaired) electrons. The van der Waals surface area contributed by atoms with E-state index < -0.39 is 0 Å². The third-order valence-electron chi connectivity index (χ3n) is 5.75. The molecule has 1 heterocycles. The molecule has 33 heavy (non-hydrogen) atoms. The van der Waals surface area contributed by atoms with Gasteiger partial charge in [-0.2, -0.15) is 0 Å². The number of aliphatic hydroxyl groups excluding tert-OH is 1. The first kappa shape index (κ1) is 22.4. The van der Waals surface area contributed by atoms with Crippen molar-refractivity contribution in [3.63, 3.8) is 0 Å². The Labute approximate surface area is 192 Å². The third kappa shape index (κ3) is 4.27. The molecule has 0 saturated heterocycles. The Morgan fingerprint density at radius 1 is 1.00 bits per heavy atom. The van der Waals surface area contributed by atoms with E-state index in [1.807, 2.05) is 60.9 Å². The van der Waals surface area contributed by atoms with Gasteiger partial charge in [0, 0.05) is 17.8 Å². The Morgan fingerprint density at radius 2 is 1.73 bits per heavy atom. The SMILES string of the molecule is COc1cccc(OC)c1-c1nc2ccc(C(=O)Nc3ccc(C)c(C)c3)cc2n1CCO. The Bertz CT molecular complexity index is 1300. The first-order valence-corrected chi connectivity index (χ1v) is 10.7. The van der Waals surface area contributed by atoms with Crippen molar-refractivity contribution in [3.8, 4) is 22.9 Å². The van der Waals surface area contributed by atoms with Gasteiger partial charge in [-0.1, -0.05) is 12.1 Å². The smallest absolute Gasteiger partial charge is 0.255 e. The maximum Gasteiger partial charge on any atom is 0.255 e. The fourth-order valence-electron chi connectivity index (χ4n) is 3.88. The van der Waals surface area contributed by atoms with E-state index in [4.69, 9.17) is 14.5 Å². The number of aliphatic hydroxyl groups is 1. The number of nitrogens with one attached hydrogen (secondary N) is 1. The number of aryl methyl sites for hydroxylation is 2. The largest absolute Gasteiger partial charge is 0.496 e. The number of carbonyl (C=O) groups is 1. The van der Waals surface area contributed by atoms with E-state index in [1.165, 1.54) is 5.56 Å². The highest BCUT2D eigenvalue weighted by Gasteiger charge is 2.21. The van der Waals surface area contributed by atoms with Crippen LogP contribution >= 0.6 is 0 Å². The van der Waals surface area contributed by atoms with Crippen molar-refractivity contribution in [2.24, 2.45) is 0 Å². The molecule has 0 spiro atoms. The molecule has 7 nitrogen and oxygen atoms in total. The fourth-order valence-corrected chi connectivity index (χ4v) is 3.88. The number of ether oxygens (including phenoxy) is 2. The van der Waals surface area contributed by atoms with Gasteiger partial charge in [0.05, 0.1) is 31.9 Å². The van der Waals surface area contributed by atoms with Crippen LogP contribution in [0.1, 0.15) is 21.5 Å². The molecule has 0 aliphatic heterocycles. The van der Waals surface area contributed by atoms with Crippen LogP contribution < -0.4 is 14.8 Å². The lowest BCUT2D eigenvalue weighted by molar-refractivity contribution is 0.102. The molecule has 1 aromatic heterocycles. The van der Waals surface area contributed by atoms with Gasteiger partial charge in [0.2, 0.25) is 0 Å². The lowest BCUT2D eigenvalue weighted by atomic mass is 10.1. The molecule has 0 aliphatic rings. The number of imidazole rings is 1. The van der Waals surface area contributed by atoms with E-state index >= 15 is 0 Å². The highest BCUT2D eigenvalue weighted by molar-refractivity contribution is 6.06. The summed E-state index contributed by atoms with van der Waals surface area (Å²) in [5.74, 6) is 1.60. The van der Waals surface area contributed by atoms with Crippen LogP contribution in [0.3, 0.4) is 0 Å². The normalized spacial score (nSPS) is 10.9. The number of nitrogens with zero attached hydrogens (tertiary/aromatic N) is 2. The first-order valence-electron chi connectivity index (χ1n) is 10.7. The number of aromatic nitrogens is 2. The molecule has 0 bridgehead atoms. The van der Waals surface area contributed by atoms with Crippen molar-refractivity contribution in [3.05, 3.63) is 71.3 Å². The lowest BCUT2D eigenvalue weighted by Crippen LogP contribution is -2.12. The van der Waals surface area contributed by atoms with Crippen molar-refractivity contribution < 1.29 is 19.4 Å². The van der Waals surface area contributed by atoms with E-state index in [9.17, 15) is 9.90 Å². The summed E-state index contributed by atoms with van der Waals surface area (Å²) >= 11 is 0. The zero-order valence-corrected chi connectivity index (χ0v) is 19.2. The van der Waals surface area contributed by atoms with Gasteiger partial charge in [0.15, 0.2) is 0 Å². The molecule has 1 amide bonds. The molecule has 0 saturated carbocycles. The summed E-state index contributed by atoms with van der Waals surface area (Å²) in [6, 6.07) is 16.7. The van der Waals surface area contributed by atoms with Gasteiger partial charge >= 0.3 is 0 Å². The molecule has 4 aromatic rings. The van der Waals surface area contributed by atoms with Crippen molar-refractivity contribution >= 4 is 22.6 Å². The van der Waals surface area contributed by atoms with Gasteiger partial charge in [0.1, 0.15) is 22.9 Å². The average Bonchev–Trinajstić information content (AvgIpc) is 3.18. The standard InChI is InChI=1S/C26H27N3O4/c1-16-8-10-19(14-17(16)2)27-26(31)18-9-11-20-21(15-18)29(12-13-30)25(28-20)24-22(32-3)6-5-7-23(24)33-4/h5-11,14-15,30H,12-13H2,1-4H3,(H,27,31). The van der Waals surface area contributed by atoms with Crippen LogP contribution in [0.15, 0.2) is 54.6 Å². The van der Waals surface area contributed by atoms with Gasteiger partial charge in [-0.3, -0.25) is 4.79 Å². The molecule has 0 unspecified atom stereocenters. The number of amides is 1. The number of hydrogen-bond acceptors (Lipinski definition) is 5. The topological polar surface area (TPSA) is 85.6 Å². The van der Waals surface area contributed by atoms with Crippen LogP contribution in [-0.2, 0) is 6.54 Å². The summed E-state index contributed by atoms with van der Waals surface area (Å²) in [5, 5.41) is 12.7. The van der Waals surface area contributed by atoms with Crippen LogP contribution in [-0.4, -0.2) is 41.4 Å². The van der Waals surface area contributed by atoms with E-state index in [-0.39, 0.29) is 12.5 Å². The molecule has 7 heteroatoms. The van der Waals surface area contributed by atoms with E-state index in [1.54, 1.807) is 26.4 Å². The zero-order chi connectivity index (χ0) is 23.5. The lowest BCUT2D eigenvalue weighted by Gasteiger charge is -2.14. The van der Waals surface area contributed by atoms with Crippen LogP contribution in [0.2, 0.25) is 0 Å². The average molecular weight is 446 g/mol. The third-order valence-corrected chi connectivity index (χ3v) is 5.75. The maximum absolute atomic E-state index is 13.0. The highest BCUT2D eigenvalue weighted by Crippen LogP contribution is 2.39. The minimum atomic E-state index is -0.215. The number of carbonyl (C=O) groups excluding carboxylic acids is 1. The van der Waals surface area contributed by atoms with Gasteiger partial charge in [-0.15, -0.1) is 0 Å². The van der Waals surface area contributed by atoms with Crippen molar-refractivity contribution in [2.75, 3.05) is 26.1 Å². The van der Waals surface area contributed by atoms with E-state index in [0.29, 0.717) is 40.5 Å². The fraction of sp³-hybridized carbons (Fsp3) is 0.231. The minimum Gasteiger partial charge on any atom is -0.496 e. The van der Waals surface area contributed by atoms with Crippen molar-refractivity contribution in [1.29, 1.82) is 0 Å². The van der Waals surface area contributed by atoms with Gasteiger partial charge in [-0.05, 0) is 67.4 Å². The summed E-state index contributed by atoms with van der Waals surface area (Å²) in [6.07, 6.45) is 0. The van der Waals surface area contributed by atoms with Gasteiger partial charge < -0.3 is 24.5 Å². The van der Waals surface area contributed by atoms with Gasteiger partial charge in [0.25, 0.3) is 5.91 Å². The first-order chi connectivity index (χ1) is 16.0. The molecular weight excluding hydrogens is 418 g/mol. The molecule has 170 valence electrons. The summed E-state index contributed by atoms with van der Waals surface area (Å²) in [6.45, 7) is 4.26. The highest BCUT2D eigenvalue weighted by atomic mass is 16.5. The minimum absolute atomic E-state index is 0.0883. The van der Waals surface area contributed by atoms with E-state index in [0.717, 1.165) is 16.8 Å². The molecule has 0 atom stereocenters. The summed E-state index contributed by atoms with van der Waals surface area (Å²) in [4.78, 5) is 17.8. The quantitative estimate of drug-likeness (QED) is 0.435. The monoisotopic (exact) mass is 445 g/mol. The number of benzene rings is 3. The molecule has 0 fully saturated rings. The zero-order valence-electron chi connectivity index (χ0n) is 19.2. The van der Waals surface area contributed by atoms with Crippen LogP contribution in [0, 0.1) is 13.8 Å². The molecule has 2 N–H and O–H groups in total. The second kappa shape index (κ2) is 9.34. The number of fused-ring (bicyclic) bond motifs is 1. The second-order valence-electron chi connectivity index (χ2n) is 7.80. The summed E-state index contributed by atoms with van der Waals surface area (Å²) in [7, 11) is 3.18. The second-order valence-corrected chi connectivity index (χ2v) is 7.80. The summed E-state index contributed by atoms with van der Waals surface area (Å²) < 4.78 is 13.0. The Balaban J connectivity index is 1.79. The van der Waals surface area contributed by atoms with Crippen LogP contribution in [0.5, 0.6) is 11.5 Å². The molecule has 4 rings (SSSR count). The number of anilines is 1. The Hall–Kier alpha value is -3.84. The predicted molar refractivity (Wildman–Crippen MR) is 129 cm³/mol. The van der Waals surface area contributed by atoms with Crippen LogP contribution in [0.25, 0.3) is 22.4 Å². The molecule has 0 aliphatic carbocycles. The number of rotatable bonds is 7. The predicted octanol–water partition coefficient (Wildman–Crippen LogP) is 4.58. The van der Waals surface area contributed by atoms with Crippen molar-refractivity contribution in [1.82, 2.24) is 9.55 Å². The molecular formula is C26H27N3O4. The number of methoxy groups -OCH3 is 2. The summed E-state index contributed by atoms with van der Waals surface area (Å²) in [5.41, 5.74) is 5.65. The van der Waals surface area contributed by atoms with Crippen LogP contribution in [0.4, 0.5) is 5.69 Å². The molecule has 3 aromatic carbocycles. The van der Waals surface area contributed by atoms with Gasteiger partial charge in [-0.25, -0.2) is 4.98 Å². The maximum atomic E-state index is 13.0. The van der Waals surface area contributed by atoms with Crippen molar-refractivity contribution in [2.45, 2.75) is 20.4 Å². The Morgan fingerprint density at radius 3 is 2.36 bits per heavy atom. The Kier molecular flexibility index (Phi) is 6.33. The number of hydrogen-bond donors (Lipinski definition) is 2.